The predicted octanol–water partition coefficient (Wildman–Crippen LogP) is 1.18. The summed E-state index contributed by atoms with van der Waals surface area (Å²) >= 11 is 0. The minimum absolute atomic E-state index is 0.0432. The molecule has 2 aliphatic rings. The van der Waals surface area contributed by atoms with E-state index in [0.717, 1.165) is 43.9 Å². The molecule has 1 aliphatic heterocycles. The number of hydrogen-bond acceptors (Lipinski definition) is 4. The van der Waals surface area contributed by atoms with Gasteiger partial charge in [-0.15, -0.1) is 0 Å². The number of aromatic nitrogens is 2. The van der Waals surface area contributed by atoms with Crippen LogP contribution < -0.4 is 10.5 Å². The van der Waals surface area contributed by atoms with Crippen LogP contribution in [0.3, 0.4) is 0 Å². The second-order valence-electron chi connectivity index (χ2n) is 5.90. The van der Waals surface area contributed by atoms with Crippen molar-refractivity contribution in [3.63, 3.8) is 0 Å². The second-order valence-corrected chi connectivity index (χ2v) is 5.90. The Hall–Kier alpha value is -1.36. The van der Waals surface area contributed by atoms with Crippen molar-refractivity contribution < 1.29 is 0 Å². The smallest absolute Gasteiger partial charge is 0.252 e. The molecule has 1 aromatic heterocycles. The molecule has 1 aromatic rings. The summed E-state index contributed by atoms with van der Waals surface area (Å²) < 4.78 is 0. The van der Waals surface area contributed by atoms with Gasteiger partial charge in [-0.25, -0.2) is 4.98 Å². The summed E-state index contributed by atoms with van der Waals surface area (Å²) in [5, 5.41) is 0. The van der Waals surface area contributed by atoms with Crippen LogP contribution in [0.15, 0.2) is 10.9 Å². The zero-order chi connectivity index (χ0) is 13.4. The fraction of sp³-hybridized carbons (Fsp3) is 0.714. The third-order valence-electron chi connectivity index (χ3n) is 3.99. The monoisotopic (exact) mass is 262 g/mol. The van der Waals surface area contributed by atoms with E-state index in [-0.39, 0.29) is 11.5 Å². The quantitative estimate of drug-likeness (QED) is 0.888. The number of nitrogens with zero attached hydrogens (tertiary/aromatic N) is 3. The van der Waals surface area contributed by atoms with E-state index in [9.17, 15) is 4.79 Å². The van der Waals surface area contributed by atoms with Gasteiger partial charge in [0.2, 0.25) is 0 Å². The number of nitrogens with one attached hydrogen (secondary N) is 1. The Morgan fingerprint density at radius 3 is 2.53 bits per heavy atom. The third kappa shape index (κ3) is 2.81. The highest BCUT2D eigenvalue weighted by Gasteiger charge is 2.31. The first-order chi connectivity index (χ1) is 9.13. The molecule has 0 radical (unpaired) electrons. The van der Waals surface area contributed by atoms with Gasteiger partial charge in [-0.3, -0.25) is 9.69 Å². The van der Waals surface area contributed by atoms with Gasteiger partial charge >= 0.3 is 0 Å². The topological polar surface area (TPSA) is 52.2 Å². The molecule has 1 saturated carbocycles. The average Bonchev–Trinajstić information content (AvgIpc) is 3.22. The molecule has 1 saturated heterocycles. The van der Waals surface area contributed by atoms with E-state index in [1.54, 1.807) is 6.07 Å². The van der Waals surface area contributed by atoms with Crippen LogP contribution in [0.2, 0.25) is 0 Å². The van der Waals surface area contributed by atoms with Gasteiger partial charge in [0.25, 0.3) is 5.56 Å². The van der Waals surface area contributed by atoms with Gasteiger partial charge in [-0.2, -0.15) is 0 Å². The molecule has 0 unspecified atom stereocenters. The Morgan fingerprint density at radius 2 is 1.95 bits per heavy atom. The van der Waals surface area contributed by atoms with Gasteiger partial charge in [0.15, 0.2) is 0 Å². The second kappa shape index (κ2) is 4.96. The van der Waals surface area contributed by atoms with Gasteiger partial charge < -0.3 is 9.88 Å². The first kappa shape index (κ1) is 12.7. The molecule has 1 aliphatic carbocycles. The molecule has 19 heavy (non-hydrogen) atoms. The van der Waals surface area contributed by atoms with Crippen molar-refractivity contribution in [2.45, 2.75) is 38.6 Å². The lowest BCUT2D eigenvalue weighted by Gasteiger charge is -2.35. The van der Waals surface area contributed by atoms with Crippen LogP contribution in [-0.4, -0.2) is 47.1 Å². The van der Waals surface area contributed by atoms with Crippen molar-refractivity contribution in [3.8, 4) is 0 Å². The zero-order valence-electron chi connectivity index (χ0n) is 11.7. The van der Waals surface area contributed by atoms with Crippen molar-refractivity contribution in [1.29, 1.82) is 0 Å². The molecule has 2 fully saturated rings. The molecule has 0 bridgehead atoms. The van der Waals surface area contributed by atoms with Crippen molar-refractivity contribution in [2.24, 2.45) is 0 Å². The Balaban J connectivity index is 1.73. The molecule has 5 heteroatoms. The van der Waals surface area contributed by atoms with Crippen LogP contribution in [-0.2, 0) is 0 Å². The third-order valence-corrected chi connectivity index (χ3v) is 3.99. The maximum atomic E-state index is 11.7. The molecular weight excluding hydrogens is 240 g/mol. The van der Waals surface area contributed by atoms with Crippen LogP contribution in [0.1, 0.15) is 38.4 Å². The van der Waals surface area contributed by atoms with E-state index in [4.69, 9.17) is 0 Å². The fourth-order valence-electron chi connectivity index (χ4n) is 2.65. The first-order valence-corrected chi connectivity index (χ1v) is 7.24. The van der Waals surface area contributed by atoms with Gasteiger partial charge in [-0.1, -0.05) is 13.8 Å². The van der Waals surface area contributed by atoms with E-state index in [1.807, 2.05) is 13.8 Å². The van der Waals surface area contributed by atoms with Gasteiger partial charge in [0.05, 0.1) is 0 Å². The van der Waals surface area contributed by atoms with Crippen molar-refractivity contribution in [3.05, 3.63) is 22.2 Å². The lowest BCUT2D eigenvalue weighted by molar-refractivity contribution is 0.247. The molecule has 3 rings (SSSR count). The molecule has 0 spiro atoms. The minimum atomic E-state index is -0.0432. The molecule has 0 aromatic carbocycles. The standard InChI is InChI=1S/C14H22N4O/c1-10(2)14-15-12(9-13(19)16-14)18-7-5-17(6-8-18)11-3-4-11/h9-11H,3-8H2,1-2H3,(H,15,16,19). The SMILES string of the molecule is CC(C)c1nc(N2CCN(C3CC3)CC2)cc(=O)[nH]1. The molecule has 104 valence electrons. The highest BCUT2D eigenvalue weighted by atomic mass is 16.1. The number of H-pyrrole nitrogens is 1. The summed E-state index contributed by atoms with van der Waals surface area (Å²) in [6.45, 7) is 8.24. The van der Waals surface area contributed by atoms with E-state index < -0.39 is 0 Å². The predicted molar refractivity (Wildman–Crippen MR) is 75.8 cm³/mol. The number of hydrogen-bond donors (Lipinski definition) is 1. The fourth-order valence-corrected chi connectivity index (χ4v) is 2.65. The van der Waals surface area contributed by atoms with Crippen molar-refractivity contribution in [2.75, 3.05) is 31.1 Å². The highest BCUT2D eigenvalue weighted by molar-refractivity contribution is 5.38. The summed E-state index contributed by atoms with van der Waals surface area (Å²) in [5.41, 5.74) is -0.0432. The van der Waals surface area contributed by atoms with Gasteiger partial charge in [0, 0.05) is 44.2 Å². The summed E-state index contributed by atoms with van der Waals surface area (Å²) in [4.78, 5) is 23.9. The largest absolute Gasteiger partial charge is 0.354 e. The maximum absolute atomic E-state index is 11.7. The minimum Gasteiger partial charge on any atom is -0.354 e. The lowest BCUT2D eigenvalue weighted by atomic mass is 10.2. The summed E-state index contributed by atoms with van der Waals surface area (Å²) in [6, 6.07) is 2.46. The van der Waals surface area contributed by atoms with E-state index in [1.165, 1.54) is 12.8 Å². The van der Waals surface area contributed by atoms with Gasteiger partial charge in [0.1, 0.15) is 11.6 Å². The number of rotatable bonds is 3. The van der Waals surface area contributed by atoms with E-state index >= 15 is 0 Å². The van der Waals surface area contributed by atoms with Gasteiger partial charge in [-0.05, 0) is 12.8 Å². The molecule has 2 heterocycles. The molecule has 5 nitrogen and oxygen atoms in total. The normalized spacial score (nSPS) is 21.1. The van der Waals surface area contributed by atoms with E-state index in [0.29, 0.717) is 0 Å². The van der Waals surface area contributed by atoms with Crippen LogP contribution in [0.25, 0.3) is 0 Å². The first-order valence-electron chi connectivity index (χ1n) is 7.24. The Bertz CT molecular complexity index is 498. The summed E-state index contributed by atoms with van der Waals surface area (Å²) in [5.74, 6) is 1.87. The van der Waals surface area contributed by atoms with Crippen LogP contribution in [0, 0.1) is 0 Å². The number of aromatic amines is 1. The van der Waals surface area contributed by atoms with Crippen LogP contribution in [0.4, 0.5) is 5.82 Å². The molecule has 1 N–H and O–H groups in total. The molecular formula is C14H22N4O. The Morgan fingerprint density at radius 1 is 1.26 bits per heavy atom. The number of piperazine rings is 1. The van der Waals surface area contributed by atoms with Crippen molar-refractivity contribution >= 4 is 5.82 Å². The maximum Gasteiger partial charge on any atom is 0.252 e. The summed E-state index contributed by atoms with van der Waals surface area (Å²) in [7, 11) is 0. The van der Waals surface area contributed by atoms with Crippen molar-refractivity contribution in [1.82, 2.24) is 14.9 Å². The number of anilines is 1. The zero-order valence-corrected chi connectivity index (χ0v) is 11.7. The molecule has 0 atom stereocenters. The average molecular weight is 262 g/mol. The Kier molecular flexibility index (Phi) is 3.31. The van der Waals surface area contributed by atoms with E-state index in [2.05, 4.69) is 19.8 Å². The molecule has 0 amide bonds. The lowest BCUT2D eigenvalue weighted by Crippen LogP contribution is -2.47. The highest BCUT2D eigenvalue weighted by Crippen LogP contribution is 2.28. The Labute approximate surface area is 113 Å². The van der Waals surface area contributed by atoms with Crippen LogP contribution in [0.5, 0.6) is 0 Å². The summed E-state index contributed by atoms with van der Waals surface area (Å²) in [6.07, 6.45) is 2.72. The van der Waals surface area contributed by atoms with Crippen LogP contribution >= 0.6 is 0 Å².